The second-order valence-electron chi connectivity index (χ2n) is 7.18. The number of halogens is 1. The summed E-state index contributed by atoms with van der Waals surface area (Å²) in [5, 5.41) is 23.9. The molecule has 33 heavy (non-hydrogen) atoms. The number of nitro groups is 1. The number of ether oxygens (including phenoxy) is 1. The second-order valence-corrected chi connectivity index (χ2v) is 8.53. The lowest BCUT2D eigenvalue weighted by atomic mass is 10.1. The minimum atomic E-state index is -0.743. The number of nitro benzene ring substituents is 1. The predicted molar refractivity (Wildman–Crippen MR) is 126 cm³/mol. The lowest BCUT2D eigenvalue weighted by Crippen LogP contribution is -2.17. The highest BCUT2D eigenvalue weighted by Crippen LogP contribution is 2.40. The van der Waals surface area contributed by atoms with Crippen LogP contribution in [0.15, 0.2) is 78.0 Å². The first kappa shape index (κ1) is 21.2. The van der Waals surface area contributed by atoms with Gasteiger partial charge in [-0.3, -0.25) is 10.1 Å². The number of para-hydroxylation sites is 1. The molecule has 0 spiro atoms. The zero-order valence-corrected chi connectivity index (χ0v) is 18.6. The van der Waals surface area contributed by atoms with E-state index in [1.807, 2.05) is 54.6 Å². The Balaban J connectivity index is 1.52. The highest BCUT2D eigenvalue weighted by Gasteiger charge is 2.27. The van der Waals surface area contributed by atoms with Crippen molar-refractivity contribution >= 4 is 34.7 Å². The Hall–Kier alpha value is -3.69. The minimum absolute atomic E-state index is 0.0572. The molecule has 1 aliphatic heterocycles. The standard InChI is InChI=1S/C23H16ClN5O3S/c24-17-11-10-15(12-19(17)29(30)31)21-25-18-9-5-4-8-16(18)20-22(32-21)26-23(28-27-20)33-13-14-6-2-1-3-7-14/h1-12,21,25H,13H2/t21-/m1/s1. The summed E-state index contributed by atoms with van der Waals surface area (Å²) < 4.78 is 6.19. The summed E-state index contributed by atoms with van der Waals surface area (Å²) in [7, 11) is 0. The molecule has 0 amide bonds. The minimum Gasteiger partial charge on any atom is -0.448 e. The zero-order valence-electron chi connectivity index (χ0n) is 17.0. The van der Waals surface area contributed by atoms with Gasteiger partial charge in [-0.2, -0.15) is 4.98 Å². The van der Waals surface area contributed by atoms with E-state index >= 15 is 0 Å². The lowest BCUT2D eigenvalue weighted by Gasteiger charge is -2.19. The van der Waals surface area contributed by atoms with Gasteiger partial charge in [0.2, 0.25) is 11.0 Å². The van der Waals surface area contributed by atoms with Gasteiger partial charge in [-0.1, -0.05) is 78.0 Å². The Kier molecular flexibility index (Phi) is 5.80. The number of thioether (sulfide) groups is 1. The van der Waals surface area contributed by atoms with Gasteiger partial charge in [0, 0.05) is 28.6 Å². The molecular weight excluding hydrogens is 462 g/mol. The number of hydrogen-bond acceptors (Lipinski definition) is 8. The van der Waals surface area contributed by atoms with Gasteiger partial charge in [0.15, 0.2) is 11.9 Å². The van der Waals surface area contributed by atoms with Crippen molar-refractivity contribution in [1.29, 1.82) is 0 Å². The molecule has 1 atom stereocenters. The number of rotatable bonds is 5. The highest BCUT2D eigenvalue weighted by molar-refractivity contribution is 7.98. The average Bonchev–Trinajstić information content (AvgIpc) is 3.00. The highest BCUT2D eigenvalue weighted by atomic mass is 35.5. The summed E-state index contributed by atoms with van der Waals surface area (Å²) in [6.07, 6.45) is -0.743. The summed E-state index contributed by atoms with van der Waals surface area (Å²) in [6, 6.07) is 22.1. The summed E-state index contributed by atoms with van der Waals surface area (Å²) in [5.74, 6) is 0.976. The summed E-state index contributed by atoms with van der Waals surface area (Å²) in [4.78, 5) is 15.5. The van der Waals surface area contributed by atoms with Gasteiger partial charge in [0.1, 0.15) is 5.02 Å². The molecule has 1 aliphatic rings. The Labute approximate surface area is 198 Å². The van der Waals surface area contributed by atoms with Crippen LogP contribution < -0.4 is 10.1 Å². The molecule has 164 valence electrons. The Morgan fingerprint density at radius 1 is 1.06 bits per heavy atom. The Morgan fingerprint density at radius 3 is 2.67 bits per heavy atom. The number of hydrogen-bond donors (Lipinski definition) is 1. The third-order valence-electron chi connectivity index (χ3n) is 5.01. The first-order chi connectivity index (χ1) is 16.1. The molecule has 3 aromatic carbocycles. The summed E-state index contributed by atoms with van der Waals surface area (Å²) in [6.45, 7) is 0. The fourth-order valence-electron chi connectivity index (χ4n) is 3.41. The van der Waals surface area contributed by atoms with Gasteiger partial charge >= 0.3 is 0 Å². The van der Waals surface area contributed by atoms with E-state index in [0.717, 1.165) is 16.8 Å². The topological polar surface area (TPSA) is 103 Å². The number of anilines is 1. The molecule has 0 bridgehead atoms. The van der Waals surface area contributed by atoms with E-state index in [4.69, 9.17) is 16.3 Å². The maximum absolute atomic E-state index is 11.4. The first-order valence-electron chi connectivity index (χ1n) is 9.96. The van der Waals surface area contributed by atoms with Crippen molar-refractivity contribution in [2.75, 3.05) is 5.32 Å². The van der Waals surface area contributed by atoms with Crippen molar-refractivity contribution in [3.05, 3.63) is 99.1 Å². The van der Waals surface area contributed by atoms with E-state index in [1.54, 1.807) is 6.07 Å². The molecule has 1 N–H and O–H groups in total. The maximum Gasteiger partial charge on any atom is 0.288 e. The van der Waals surface area contributed by atoms with Crippen molar-refractivity contribution in [1.82, 2.24) is 15.2 Å². The normalized spacial score (nSPS) is 14.3. The molecule has 0 aliphatic carbocycles. The molecule has 0 saturated carbocycles. The van der Waals surface area contributed by atoms with E-state index in [2.05, 4.69) is 20.5 Å². The molecular formula is C23H16ClN5O3S. The zero-order chi connectivity index (χ0) is 22.8. The van der Waals surface area contributed by atoms with Crippen LogP contribution in [0.1, 0.15) is 17.4 Å². The van der Waals surface area contributed by atoms with Crippen LogP contribution in [0, 0.1) is 10.1 Å². The van der Waals surface area contributed by atoms with E-state index < -0.39 is 11.2 Å². The third kappa shape index (κ3) is 4.46. The van der Waals surface area contributed by atoms with Gasteiger partial charge in [-0.25, -0.2) is 0 Å². The maximum atomic E-state index is 11.4. The van der Waals surface area contributed by atoms with Crippen LogP contribution in [-0.2, 0) is 5.75 Å². The molecule has 0 fully saturated rings. The molecule has 0 unspecified atom stereocenters. The lowest BCUT2D eigenvalue weighted by molar-refractivity contribution is -0.384. The molecule has 2 heterocycles. The molecule has 8 nitrogen and oxygen atoms in total. The molecule has 4 aromatic rings. The fourth-order valence-corrected chi connectivity index (χ4v) is 4.33. The summed E-state index contributed by atoms with van der Waals surface area (Å²) >= 11 is 7.44. The number of benzene rings is 3. The second kappa shape index (κ2) is 9.05. The number of nitrogens with one attached hydrogen (secondary N) is 1. The molecule has 1 aromatic heterocycles. The van der Waals surface area contributed by atoms with E-state index in [9.17, 15) is 10.1 Å². The molecule has 5 rings (SSSR count). The van der Waals surface area contributed by atoms with Gasteiger partial charge in [-0.15, -0.1) is 10.2 Å². The number of nitrogens with zero attached hydrogens (tertiary/aromatic N) is 4. The van der Waals surface area contributed by atoms with Gasteiger partial charge < -0.3 is 10.1 Å². The van der Waals surface area contributed by atoms with Crippen LogP contribution in [-0.4, -0.2) is 20.1 Å². The Bertz CT molecular complexity index is 1340. The van der Waals surface area contributed by atoms with Gasteiger partial charge in [0.05, 0.1) is 4.92 Å². The molecule has 0 saturated heterocycles. The van der Waals surface area contributed by atoms with Crippen LogP contribution in [0.5, 0.6) is 5.88 Å². The smallest absolute Gasteiger partial charge is 0.288 e. The van der Waals surface area contributed by atoms with Gasteiger partial charge in [-0.05, 0) is 17.7 Å². The van der Waals surface area contributed by atoms with Crippen molar-refractivity contribution in [2.45, 2.75) is 17.1 Å². The number of aromatic nitrogens is 3. The molecule has 10 heteroatoms. The first-order valence-corrected chi connectivity index (χ1v) is 11.3. The number of fused-ring (bicyclic) bond motifs is 3. The van der Waals surface area contributed by atoms with Crippen LogP contribution in [0.25, 0.3) is 11.3 Å². The van der Waals surface area contributed by atoms with Gasteiger partial charge in [0.25, 0.3) is 5.69 Å². The van der Waals surface area contributed by atoms with Crippen molar-refractivity contribution in [3.63, 3.8) is 0 Å². The monoisotopic (exact) mass is 477 g/mol. The van der Waals surface area contributed by atoms with Crippen molar-refractivity contribution < 1.29 is 9.66 Å². The Morgan fingerprint density at radius 2 is 1.85 bits per heavy atom. The van der Waals surface area contributed by atoms with Crippen molar-refractivity contribution in [2.24, 2.45) is 0 Å². The SMILES string of the molecule is O=[N+]([O-])c1cc([C@@H]2Nc3ccccc3-c3nnc(SCc4ccccc4)nc3O2)ccc1Cl. The fraction of sp³-hybridized carbons (Fsp3) is 0.0870. The summed E-state index contributed by atoms with van der Waals surface area (Å²) in [5.41, 5.74) is 3.49. The van der Waals surface area contributed by atoms with E-state index in [1.165, 1.54) is 23.9 Å². The predicted octanol–water partition coefficient (Wildman–Crippen LogP) is 5.90. The van der Waals surface area contributed by atoms with Crippen LogP contribution in [0.2, 0.25) is 5.02 Å². The van der Waals surface area contributed by atoms with Crippen LogP contribution in [0.3, 0.4) is 0 Å². The van der Waals surface area contributed by atoms with E-state index in [-0.39, 0.29) is 10.7 Å². The average molecular weight is 478 g/mol. The van der Waals surface area contributed by atoms with Crippen molar-refractivity contribution in [3.8, 4) is 17.1 Å². The third-order valence-corrected chi connectivity index (χ3v) is 6.24. The largest absolute Gasteiger partial charge is 0.448 e. The molecule has 0 radical (unpaired) electrons. The van der Waals surface area contributed by atoms with Crippen LogP contribution in [0.4, 0.5) is 11.4 Å². The van der Waals surface area contributed by atoms with E-state index in [0.29, 0.717) is 28.0 Å². The quantitative estimate of drug-likeness (QED) is 0.215. The van der Waals surface area contributed by atoms with Crippen LogP contribution >= 0.6 is 23.4 Å².